The van der Waals surface area contributed by atoms with Crippen LogP contribution < -0.4 is 0 Å². The Bertz CT molecular complexity index is 414. The third-order valence-corrected chi connectivity index (χ3v) is 4.57. The first kappa shape index (κ1) is 11.0. The molecule has 90 valence electrons. The summed E-state index contributed by atoms with van der Waals surface area (Å²) in [5.41, 5.74) is 2.58. The molecule has 2 nitrogen and oxygen atoms in total. The van der Waals surface area contributed by atoms with E-state index in [1.54, 1.807) is 0 Å². The van der Waals surface area contributed by atoms with Crippen molar-refractivity contribution in [2.75, 3.05) is 26.2 Å². The maximum absolute atomic E-state index is 4.89. The molecule has 0 radical (unpaired) electrons. The third kappa shape index (κ3) is 2.02. The molecule has 0 spiro atoms. The van der Waals surface area contributed by atoms with Crippen molar-refractivity contribution in [1.29, 1.82) is 0 Å². The molecule has 0 amide bonds. The van der Waals surface area contributed by atoms with E-state index >= 15 is 0 Å². The third-order valence-electron chi connectivity index (χ3n) is 4.57. The highest BCUT2D eigenvalue weighted by Gasteiger charge is 2.42. The number of quaternary nitrogens is 1. The number of para-hydroxylation sites is 1. The van der Waals surface area contributed by atoms with E-state index in [-0.39, 0.29) is 0 Å². The summed E-state index contributed by atoms with van der Waals surface area (Å²) in [5, 5.41) is 0. The molecule has 3 aliphatic heterocycles. The first-order valence-corrected chi connectivity index (χ1v) is 6.79. The summed E-state index contributed by atoms with van der Waals surface area (Å²) in [6.07, 6.45) is 2.69. The second-order valence-corrected chi connectivity index (χ2v) is 5.48. The molecule has 0 atom stereocenters. The molecule has 3 saturated heterocycles. The molecule has 0 aliphatic carbocycles. The number of benzene rings is 1. The van der Waals surface area contributed by atoms with Gasteiger partial charge in [-0.3, -0.25) is 4.99 Å². The summed E-state index contributed by atoms with van der Waals surface area (Å²) in [5.74, 6) is 0.766. The molecule has 3 aliphatic rings. The Hall–Kier alpha value is -1.15. The lowest BCUT2D eigenvalue weighted by atomic mass is 9.84. The predicted molar refractivity (Wildman–Crippen MR) is 71.7 cm³/mol. The van der Waals surface area contributed by atoms with E-state index in [0.29, 0.717) is 0 Å². The number of hydrogen-bond acceptors (Lipinski definition) is 1. The number of fused-ring (bicyclic) bond motifs is 3. The van der Waals surface area contributed by atoms with Crippen molar-refractivity contribution < 1.29 is 4.48 Å². The molecule has 1 aromatic carbocycles. The topological polar surface area (TPSA) is 12.4 Å². The minimum atomic E-state index is 0.766. The lowest BCUT2D eigenvalue weighted by molar-refractivity contribution is -0.928. The van der Waals surface area contributed by atoms with Crippen LogP contribution >= 0.6 is 0 Å². The number of hydrogen-bond donors (Lipinski definition) is 0. The smallest absolute Gasteiger partial charge is 0.118 e. The van der Waals surface area contributed by atoms with Crippen molar-refractivity contribution in [2.45, 2.75) is 19.8 Å². The first-order valence-electron chi connectivity index (χ1n) is 6.79. The van der Waals surface area contributed by atoms with Gasteiger partial charge in [0.2, 0.25) is 0 Å². The van der Waals surface area contributed by atoms with Crippen LogP contribution in [0.3, 0.4) is 0 Å². The van der Waals surface area contributed by atoms with Crippen LogP contribution in [0.25, 0.3) is 0 Å². The minimum Gasteiger partial charge on any atom is -0.319 e. The van der Waals surface area contributed by atoms with Crippen LogP contribution in [0.1, 0.15) is 19.8 Å². The number of rotatable bonds is 2. The fourth-order valence-corrected chi connectivity index (χ4v) is 3.30. The predicted octanol–water partition coefficient (Wildman–Crippen LogP) is 3.02. The number of aliphatic imine (C=N–C) groups is 1. The van der Waals surface area contributed by atoms with Crippen molar-refractivity contribution in [3.8, 4) is 0 Å². The van der Waals surface area contributed by atoms with Crippen LogP contribution in [-0.2, 0) is 0 Å². The molecule has 4 rings (SSSR count). The van der Waals surface area contributed by atoms with E-state index in [9.17, 15) is 0 Å². The lowest BCUT2D eigenvalue weighted by Gasteiger charge is -2.49. The highest BCUT2D eigenvalue weighted by Crippen LogP contribution is 2.33. The van der Waals surface area contributed by atoms with Gasteiger partial charge in [-0.2, -0.15) is 0 Å². The number of nitrogens with zero attached hydrogens (tertiary/aromatic N) is 2. The second-order valence-electron chi connectivity index (χ2n) is 5.48. The molecule has 0 unspecified atom stereocenters. The summed E-state index contributed by atoms with van der Waals surface area (Å²) in [7, 11) is 0. The standard InChI is InChI=1S/C15H21N2/c1-2-17-10-8-13(9-11-17)15(12-17)16-14-6-4-3-5-7-14/h3-7,13H,2,8-12H2,1H3/q+1. The highest BCUT2D eigenvalue weighted by atomic mass is 15.4. The molecular weight excluding hydrogens is 208 g/mol. The minimum absolute atomic E-state index is 0.766. The zero-order chi connectivity index (χ0) is 11.7. The van der Waals surface area contributed by atoms with Gasteiger partial charge in [0, 0.05) is 18.8 Å². The van der Waals surface area contributed by atoms with Gasteiger partial charge in [-0.05, 0) is 19.1 Å². The molecule has 0 saturated carbocycles. The molecule has 2 heteroatoms. The average Bonchev–Trinajstić information content (AvgIpc) is 2.41. The Kier molecular flexibility index (Phi) is 2.75. The van der Waals surface area contributed by atoms with E-state index in [4.69, 9.17) is 4.99 Å². The van der Waals surface area contributed by atoms with Gasteiger partial charge in [0.05, 0.1) is 31.0 Å². The van der Waals surface area contributed by atoms with Gasteiger partial charge < -0.3 is 4.48 Å². The maximum Gasteiger partial charge on any atom is 0.118 e. The van der Waals surface area contributed by atoms with Crippen LogP contribution in [0.5, 0.6) is 0 Å². The molecule has 0 N–H and O–H groups in total. The Morgan fingerprint density at radius 3 is 2.53 bits per heavy atom. The Morgan fingerprint density at radius 2 is 1.88 bits per heavy atom. The monoisotopic (exact) mass is 229 g/mol. The van der Waals surface area contributed by atoms with Crippen LogP contribution in [0, 0.1) is 5.92 Å². The van der Waals surface area contributed by atoms with Crippen molar-refractivity contribution in [2.24, 2.45) is 10.9 Å². The van der Waals surface area contributed by atoms with Crippen LogP contribution in [0.2, 0.25) is 0 Å². The van der Waals surface area contributed by atoms with Gasteiger partial charge in [-0.15, -0.1) is 0 Å². The molecular formula is C15H21N2+. The summed E-state index contributed by atoms with van der Waals surface area (Å²) >= 11 is 0. The van der Waals surface area contributed by atoms with Crippen LogP contribution in [-0.4, -0.2) is 36.4 Å². The SMILES string of the molecule is CC[N+]12CCC(CC1)C(=Nc1ccccc1)C2. The lowest BCUT2D eigenvalue weighted by Crippen LogP contribution is -2.61. The normalized spacial score (nSPS) is 34.2. The van der Waals surface area contributed by atoms with Gasteiger partial charge in [0.1, 0.15) is 6.54 Å². The largest absolute Gasteiger partial charge is 0.319 e. The zero-order valence-electron chi connectivity index (χ0n) is 10.6. The molecule has 3 fully saturated rings. The molecule has 17 heavy (non-hydrogen) atoms. The van der Waals surface area contributed by atoms with Crippen molar-refractivity contribution >= 4 is 11.4 Å². The average molecular weight is 229 g/mol. The highest BCUT2D eigenvalue weighted by molar-refractivity contribution is 5.91. The first-order chi connectivity index (χ1) is 8.31. The Morgan fingerprint density at radius 1 is 1.18 bits per heavy atom. The molecule has 1 aromatic rings. The van der Waals surface area contributed by atoms with E-state index in [1.807, 2.05) is 0 Å². The van der Waals surface area contributed by atoms with Gasteiger partial charge in [0.15, 0.2) is 0 Å². The fourth-order valence-electron chi connectivity index (χ4n) is 3.30. The second kappa shape index (κ2) is 4.26. The summed E-state index contributed by atoms with van der Waals surface area (Å²) in [6, 6.07) is 10.4. The van der Waals surface area contributed by atoms with Crippen molar-refractivity contribution in [3.05, 3.63) is 30.3 Å². The zero-order valence-corrected chi connectivity index (χ0v) is 10.6. The van der Waals surface area contributed by atoms with Gasteiger partial charge in [-0.1, -0.05) is 18.2 Å². The Labute approximate surface area is 104 Å². The van der Waals surface area contributed by atoms with Gasteiger partial charge in [-0.25, -0.2) is 0 Å². The van der Waals surface area contributed by atoms with Gasteiger partial charge >= 0.3 is 0 Å². The van der Waals surface area contributed by atoms with Gasteiger partial charge in [0.25, 0.3) is 0 Å². The molecule has 2 bridgehead atoms. The quantitative estimate of drug-likeness (QED) is 0.691. The molecule has 0 aromatic heterocycles. The summed E-state index contributed by atoms with van der Waals surface area (Å²) in [6.45, 7) is 7.52. The van der Waals surface area contributed by atoms with Crippen LogP contribution in [0.15, 0.2) is 35.3 Å². The Balaban J connectivity index is 1.87. The van der Waals surface area contributed by atoms with E-state index < -0.39 is 0 Å². The maximum atomic E-state index is 4.89. The van der Waals surface area contributed by atoms with Crippen molar-refractivity contribution in [3.63, 3.8) is 0 Å². The summed E-state index contributed by atoms with van der Waals surface area (Å²) in [4.78, 5) is 4.89. The van der Waals surface area contributed by atoms with E-state index in [2.05, 4.69) is 37.3 Å². The fraction of sp³-hybridized carbons (Fsp3) is 0.533. The van der Waals surface area contributed by atoms with E-state index in [0.717, 1.165) is 11.6 Å². The van der Waals surface area contributed by atoms with Crippen LogP contribution in [0.4, 0.5) is 5.69 Å². The van der Waals surface area contributed by atoms with Crippen molar-refractivity contribution in [1.82, 2.24) is 0 Å². The van der Waals surface area contributed by atoms with E-state index in [1.165, 1.54) is 49.2 Å². The molecule has 3 heterocycles. The number of piperidine rings is 3. The summed E-state index contributed by atoms with van der Waals surface area (Å²) < 4.78 is 1.28.